The summed E-state index contributed by atoms with van der Waals surface area (Å²) in [4.78, 5) is 19.1. The van der Waals surface area contributed by atoms with Crippen LogP contribution in [0.2, 0.25) is 5.02 Å². The third-order valence-corrected chi connectivity index (χ3v) is 5.93. The first-order chi connectivity index (χ1) is 15.6. The van der Waals surface area contributed by atoms with Gasteiger partial charge in [0.2, 0.25) is 11.8 Å². The van der Waals surface area contributed by atoms with Crippen LogP contribution in [0.15, 0.2) is 71.1 Å². The van der Waals surface area contributed by atoms with Crippen LogP contribution >= 0.6 is 11.6 Å². The van der Waals surface area contributed by atoms with Crippen molar-refractivity contribution in [2.24, 2.45) is 0 Å². The minimum atomic E-state index is 0.201. The zero-order valence-electron chi connectivity index (χ0n) is 17.6. The van der Waals surface area contributed by atoms with Gasteiger partial charge in [-0.1, -0.05) is 23.7 Å². The lowest BCUT2D eigenvalue weighted by Gasteiger charge is -2.26. The molecule has 4 aromatic rings. The summed E-state index contributed by atoms with van der Waals surface area (Å²) >= 11 is 5.93. The third kappa shape index (κ3) is 4.63. The molecule has 1 aliphatic rings. The predicted molar refractivity (Wildman–Crippen MR) is 125 cm³/mol. The van der Waals surface area contributed by atoms with E-state index in [1.165, 1.54) is 6.42 Å². The van der Waals surface area contributed by atoms with E-state index < -0.39 is 0 Å². The number of oxazole rings is 1. The lowest BCUT2D eigenvalue weighted by Crippen LogP contribution is -2.36. The fourth-order valence-corrected chi connectivity index (χ4v) is 4.05. The van der Waals surface area contributed by atoms with Crippen molar-refractivity contribution < 1.29 is 13.9 Å². The smallest absolute Gasteiger partial charge is 0.227 e. The van der Waals surface area contributed by atoms with Crippen LogP contribution in [0, 0.1) is 0 Å². The minimum absolute atomic E-state index is 0.201. The molecule has 6 heteroatoms. The van der Waals surface area contributed by atoms with Crippen LogP contribution in [0.3, 0.4) is 0 Å². The molecule has 1 aromatic heterocycles. The maximum absolute atomic E-state index is 12.5. The number of fused-ring (bicyclic) bond motifs is 1. The summed E-state index contributed by atoms with van der Waals surface area (Å²) in [6.45, 7) is 1.76. The number of carbonyl (C=O) groups is 1. The minimum Gasteiger partial charge on any atom is -0.457 e. The molecule has 3 aromatic carbocycles. The van der Waals surface area contributed by atoms with Crippen LogP contribution in [0.1, 0.15) is 24.8 Å². The number of aromatic nitrogens is 1. The van der Waals surface area contributed by atoms with Gasteiger partial charge < -0.3 is 14.1 Å². The van der Waals surface area contributed by atoms with Crippen molar-refractivity contribution in [3.63, 3.8) is 0 Å². The number of benzene rings is 3. The molecular weight excluding hydrogens is 424 g/mol. The molecule has 1 saturated heterocycles. The van der Waals surface area contributed by atoms with E-state index >= 15 is 0 Å². The highest BCUT2D eigenvalue weighted by atomic mass is 35.5. The number of likely N-dealkylation sites (tertiary alicyclic amines) is 1. The number of halogens is 1. The van der Waals surface area contributed by atoms with Crippen LogP contribution in [0.25, 0.3) is 22.6 Å². The van der Waals surface area contributed by atoms with E-state index in [1.807, 2.05) is 59.5 Å². The van der Waals surface area contributed by atoms with E-state index in [1.54, 1.807) is 12.1 Å². The Hall–Kier alpha value is -3.31. The monoisotopic (exact) mass is 446 g/mol. The van der Waals surface area contributed by atoms with Crippen LogP contribution < -0.4 is 4.74 Å². The maximum Gasteiger partial charge on any atom is 0.227 e. The zero-order valence-corrected chi connectivity index (χ0v) is 18.3. The first-order valence-electron chi connectivity index (χ1n) is 10.9. The molecule has 5 nitrogen and oxygen atoms in total. The summed E-state index contributed by atoms with van der Waals surface area (Å²) in [6, 6.07) is 20.6. The molecule has 1 aliphatic heterocycles. The number of amides is 1. The Bertz CT molecular complexity index is 1230. The second-order valence-electron chi connectivity index (χ2n) is 8.02. The summed E-state index contributed by atoms with van der Waals surface area (Å²) in [5.74, 6) is 2.10. The zero-order chi connectivity index (χ0) is 21.9. The van der Waals surface area contributed by atoms with Crippen molar-refractivity contribution in [3.8, 4) is 23.0 Å². The number of hydrogen-bond donors (Lipinski definition) is 0. The van der Waals surface area contributed by atoms with Gasteiger partial charge in [-0.3, -0.25) is 4.79 Å². The molecule has 0 saturated carbocycles. The van der Waals surface area contributed by atoms with Crippen molar-refractivity contribution in [2.45, 2.75) is 25.7 Å². The van der Waals surface area contributed by atoms with E-state index in [9.17, 15) is 4.79 Å². The highest BCUT2D eigenvalue weighted by molar-refractivity contribution is 6.30. The Kier molecular flexibility index (Phi) is 5.82. The molecule has 5 rings (SSSR count). The van der Waals surface area contributed by atoms with Crippen LogP contribution in [-0.2, 0) is 11.2 Å². The normalized spacial score (nSPS) is 14.0. The van der Waals surface area contributed by atoms with E-state index in [0.29, 0.717) is 34.4 Å². The highest BCUT2D eigenvalue weighted by Crippen LogP contribution is 2.30. The summed E-state index contributed by atoms with van der Waals surface area (Å²) < 4.78 is 11.9. The van der Waals surface area contributed by atoms with E-state index in [0.717, 1.165) is 42.6 Å². The van der Waals surface area contributed by atoms with Crippen molar-refractivity contribution >= 4 is 28.6 Å². The SMILES string of the molecule is O=C(Cc1ccc(-c2nc3ccc(Oc4ccc(Cl)cc4)cc3o2)cc1)N1CCCCC1. The van der Waals surface area contributed by atoms with Crippen LogP contribution in [0.4, 0.5) is 0 Å². The van der Waals surface area contributed by atoms with Gasteiger partial charge in [0.15, 0.2) is 5.58 Å². The molecule has 0 atom stereocenters. The molecule has 0 unspecified atom stereocenters. The maximum atomic E-state index is 12.5. The van der Waals surface area contributed by atoms with Gasteiger partial charge in [-0.2, -0.15) is 0 Å². The Morgan fingerprint density at radius 3 is 2.41 bits per heavy atom. The van der Waals surface area contributed by atoms with E-state index in [4.69, 9.17) is 20.8 Å². The Morgan fingerprint density at radius 1 is 0.938 bits per heavy atom. The molecule has 1 amide bonds. The van der Waals surface area contributed by atoms with Crippen molar-refractivity contribution in [1.29, 1.82) is 0 Å². The highest BCUT2D eigenvalue weighted by Gasteiger charge is 2.17. The Labute approximate surface area is 191 Å². The largest absolute Gasteiger partial charge is 0.457 e. The lowest BCUT2D eigenvalue weighted by molar-refractivity contribution is -0.131. The average molecular weight is 447 g/mol. The van der Waals surface area contributed by atoms with Gasteiger partial charge in [0.25, 0.3) is 0 Å². The molecule has 162 valence electrons. The predicted octanol–water partition coefficient (Wildman–Crippen LogP) is 6.50. The van der Waals surface area contributed by atoms with Crippen molar-refractivity contribution in [2.75, 3.05) is 13.1 Å². The lowest BCUT2D eigenvalue weighted by atomic mass is 10.1. The van der Waals surface area contributed by atoms with Crippen LogP contribution in [0.5, 0.6) is 11.5 Å². The van der Waals surface area contributed by atoms with Gasteiger partial charge in [-0.05, 0) is 73.4 Å². The number of hydrogen-bond acceptors (Lipinski definition) is 4. The summed E-state index contributed by atoms with van der Waals surface area (Å²) in [6.07, 6.45) is 3.86. The van der Waals surface area contributed by atoms with Crippen LogP contribution in [-0.4, -0.2) is 28.9 Å². The van der Waals surface area contributed by atoms with Gasteiger partial charge in [0.1, 0.15) is 17.0 Å². The second-order valence-corrected chi connectivity index (χ2v) is 8.46. The van der Waals surface area contributed by atoms with E-state index in [2.05, 4.69) is 4.98 Å². The molecular formula is C26H23ClN2O3. The Balaban J connectivity index is 1.29. The van der Waals surface area contributed by atoms with Crippen molar-refractivity contribution in [1.82, 2.24) is 9.88 Å². The number of carbonyl (C=O) groups excluding carboxylic acids is 1. The summed E-state index contributed by atoms with van der Waals surface area (Å²) in [7, 11) is 0. The van der Waals surface area contributed by atoms with Gasteiger partial charge >= 0.3 is 0 Å². The molecule has 0 aliphatic carbocycles. The first-order valence-corrected chi connectivity index (χ1v) is 11.2. The first kappa shape index (κ1) is 20.6. The summed E-state index contributed by atoms with van der Waals surface area (Å²) in [5, 5.41) is 0.662. The standard InChI is InChI=1S/C26H23ClN2O3/c27-20-8-10-21(11-9-20)31-22-12-13-23-24(17-22)32-26(28-23)19-6-4-18(5-7-19)16-25(30)29-14-2-1-3-15-29/h4-13,17H,1-3,14-16H2. The number of ether oxygens (including phenoxy) is 1. The van der Waals surface area contributed by atoms with E-state index in [-0.39, 0.29) is 5.91 Å². The molecule has 0 radical (unpaired) electrons. The molecule has 0 bridgehead atoms. The fraction of sp³-hybridized carbons (Fsp3) is 0.231. The second kappa shape index (κ2) is 9.05. The topological polar surface area (TPSA) is 55.6 Å². The quantitative estimate of drug-likeness (QED) is 0.351. The van der Waals surface area contributed by atoms with Crippen molar-refractivity contribution in [3.05, 3.63) is 77.3 Å². The van der Waals surface area contributed by atoms with Gasteiger partial charge in [-0.15, -0.1) is 0 Å². The molecule has 1 fully saturated rings. The average Bonchev–Trinajstić information content (AvgIpc) is 3.25. The van der Waals surface area contributed by atoms with Gasteiger partial charge in [0, 0.05) is 29.7 Å². The number of rotatable bonds is 5. The molecule has 2 heterocycles. The molecule has 0 N–H and O–H groups in total. The third-order valence-electron chi connectivity index (χ3n) is 5.67. The van der Waals surface area contributed by atoms with Gasteiger partial charge in [0.05, 0.1) is 6.42 Å². The number of nitrogens with zero attached hydrogens (tertiary/aromatic N) is 2. The molecule has 0 spiro atoms. The van der Waals surface area contributed by atoms with Gasteiger partial charge in [-0.25, -0.2) is 4.98 Å². The summed E-state index contributed by atoms with van der Waals surface area (Å²) in [5.41, 5.74) is 3.28. The number of piperidine rings is 1. The molecule has 32 heavy (non-hydrogen) atoms. The Morgan fingerprint density at radius 2 is 1.66 bits per heavy atom. The fourth-order valence-electron chi connectivity index (χ4n) is 3.93.